The average molecular weight is 518 g/mol. The van der Waals surface area contributed by atoms with Gasteiger partial charge in [0, 0.05) is 27.7 Å². The normalized spacial score (nSPS) is 17.1. The van der Waals surface area contributed by atoms with E-state index in [0.717, 1.165) is 15.9 Å². The quantitative estimate of drug-likeness (QED) is 0.449. The summed E-state index contributed by atoms with van der Waals surface area (Å²) in [5.41, 5.74) is 1.33. The predicted molar refractivity (Wildman–Crippen MR) is 130 cm³/mol. The van der Waals surface area contributed by atoms with Crippen molar-refractivity contribution in [1.29, 1.82) is 5.41 Å². The molecule has 3 aromatic rings. The summed E-state index contributed by atoms with van der Waals surface area (Å²) in [6.07, 6.45) is -1.44. The number of hydrogen-bond acceptors (Lipinski definition) is 5. The van der Waals surface area contributed by atoms with Gasteiger partial charge in [0.1, 0.15) is 12.4 Å². The largest absolute Gasteiger partial charge is 0.492 e. The molecule has 35 heavy (non-hydrogen) atoms. The van der Waals surface area contributed by atoms with E-state index in [-0.39, 0.29) is 22.5 Å². The number of thioether (sulfide) groups is 1. The van der Waals surface area contributed by atoms with Gasteiger partial charge in [0.25, 0.3) is 5.91 Å². The van der Waals surface area contributed by atoms with Gasteiger partial charge in [-0.15, -0.1) is 0 Å². The molecule has 0 saturated carbocycles. The maximum atomic E-state index is 13.1. The van der Waals surface area contributed by atoms with E-state index in [1.165, 1.54) is 6.08 Å². The van der Waals surface area contributed by atoms with Crippen molar-refractivity contribution in [1.82, 2.24) is 9.58 Å². The average Bonchev–Trinajstić information content (AvgIpc) is 3.40. The molecule has 7 nitrogen and oxygen atoms in total. The zero-order valence-corrected chi connectivity index (χ0v) is 19.3. The second-order valence-corrected chi connectivity index (χ2v) is 8.91. The molecule has 0 atom stereocenters. The zero-order chi connectivity index (χ0) is 24.7. The maximum Gasteiger partial charge on any atom is 0.441 e. The molecule has 0 fully saturated rings. The van der Waals surface area contributed by atoms with E-state index in [1.807, 2.05) is 28.8 Å². The summed E-state index contributed by atoms with van der Waals surface area (Å²) in [5, 5.41) is 12.4. The third-order valence-corrected chi connectivity index (χ3v) is 6.44. The van der Waals surface area contributed by atoms with Crippen molar-refractivity contribution in [3.05, 3.63) is 70.9 Å². The van der Waals surface area contributed by atoms with Crippen LogP contribution in [0.2, 0.25) is 5.02 Å². The molecule has 178 valence electrons. The van der Waals surface area contributed by atoms with Crippen molar-refractivity contribution in [3.8, 4) is 5.75 Å². The predicted octanol–water partition coefficient (Wildman–Crippen LogP) is 5.56. The lowest BCUT2D eigenvalue weighted by atomic mass is 10.1. The summed E-state index contributed by atoms with van der Waals surface area (Å²) in [5.74, 6) is -0.588. The topological polar surface area (TPSA) is 83.0 Å². The second kappa shape index (κ2) is 8.90. The number of aliphatic imine (C=N–C) groups is 1. The number of alkyl halides is 3. The first-order valence-corrected chi connectivity index (χ1v) is 11.4. The maximum absolute atomic E-state index is 13.1. The minimum atomic E-state index is -4.70. The Morgan fingerprint density at radius 2 is 1.89 bits per heavy atom. The number of rotatable bonds is 5. The summed E-state index contributed by atoms with van der Waals surface area (Å²) in [4.78, 5) is 16.3. The van der Waals surface area contributed by atoms with E-state index in [4.69, 9.17) is 21.7 Å². The van der Waals surface area contributed by atoms with Crippen LogP contribution in [0.1, 0.15) is 5.56 Å². The fourth-order valence-corrected chi connectivity index (χ4v) is 4.51. The molecule has 0 saturated heterocycles. The number of ether oxygens (including phenoxy) is 1. The van der Waals surface area contributed by atoms with Crippen LogP contribution < -0.4 is 4.74 Å². The molecule has 1 N–H and O–H groups in total. The first kappa shape index (κ1) is 23.2. The fraction of sp³-hybridized carbons (Fsp3) is 0.130. The van der Waals surface area contributed by atoms with Crippen molar-refractivity contribution in [2.45, 2.75) is 12.7 Å². The Bertz CT molecular complexity index is 1440. The molecule has 5 rings (SSSR count). The van der Waals surface area contributed by atoms with Crippen LogP contribution in [0, 0.1) is 5.41 Å². The first-order chi connectivity index (χ1) is 16.7. The lowest BCUT2D eigenvalue weighted by molar-refractivity contribution is -0.114. The van der Waals surface area contributed by atoms with Crippen LogP contribution in [0.4, 0.5) is 13.2 Å². The van der Waals surface area contributed by atoms with Crippen LogP contribution >= 0.6 is 23.4 Å². The monoisotopic (exact) mass is 517 g/mol. The Morgan fingerprint density at radius 3 is 2.63 bits per heavy atom. The van der Waals surface area contributed by atoms with E-state index >= 15 is 0 Å². The SMILES string of the molecule is N=C1/C(=C/c2cn(CCOc3ccc(Cl)cc3)c3ccccc23)C(=O)N=C2SC(C(F)(F)F)=NN12. The van der Waals surface area contributed by atoms with E-state index in [1.54, 1.807) is 30.5 Å². The van der Waals surface area contributed by atoms with E-state index in [0.29, 0.717) is 29.5 Å². The van der Waals surface area contributed by atoms with Crippen molar-refractivity contribution in [3.63, 3.8) is 0 Å². The third-order valence-electron chi connectivity index (χ3n) is 5.23. The van der Waals surface area contributed by atoms with Crippen molar-refractivity contribution in [2.24, 2.45) is 10.1 Å². The summed E-state index contributed by atoms with van der Waals surface area (Å²) in [6.45, 7) is 0.848. The molecule has 0 radical (unpaired) electrons. The Balaban J connectivity index is 1.43. The zero-order valence-electron chi connectivity index (χ0n) is 17.7. The van der Waals surface area contributed by atoms with Gasteiger partial charge in [0.15, 0.2) is 5.84 Å². The summed E-state index contributed by atoms with van der Waals surface area (Å²) < 4.78 is 46.9. The number of carbonyl (C=O) groups excluding carboxylic acids is 1. The Morgan fingerprint density at radius 1 is 1.14 bits per heavy atom. The minimum absolute atomic E-state index is 0.151. The molecular weight excluding hydrogens is 503 g/mol. The second-order valence-electron chi connectivity index (χ2n) is 7.52. The molecule has 2 aliphatic rings. The smallest absolute Gasteiger partial charge is 0.441 e. The lowest BCUT2D eigenvalue weighted by Crippen LogP contribution is -2.35. The van der Waals surface area contributed by atoms with Crippen LogP contribution in [0.15, 0.2) is 70.4 Å². The summed E-state index contributed by atoms with van der Waals surface area (Å²) in [6, 6.07) is 14.5. The molecule has 12 heteroatoms. The molecule has 0 bridgehead atoms. The van der Waals surface area contributed by atoms with Gasteiger partial charge >= 0.3 is 6.18 Å². The Labute approximate surface area is 206 Å². The van der Waals surface area contributed by atoms with Gasteiger partial charge in [-0.3, -0.25) is 10.2 Å². The molecule has 0 unspecified atom stereocenters. The Kier molecular flexibility index (Phi) is 5.89. The van der Waals surface area contributed by atoms with Crippen LogP contribution in [-0.2, 0) is 11.3 Å². The summed E-state index contributed by atoms with van der Waals surface area (Å²) in [7, 11) is 0. The number of carbonyl (C=O) groups is 1. The number of nitrogens with one attached hydrogen (secondary N) is 1. The number of amidine groups is 2. The number of nitrogens with zero attached hydrogens (tertiary/aromatic N) is 4. The third kappa shape index (κ3) is 4.56. The highest BCUT2D eigenvalue weighted by Gasteiger charge is 2.46. The lowest BCUT2D eigenvalue weighted by Gasteiger charge is -2.20. The first-order valence-electron chi connectivity index (χ1n) is 10.2. The number of benzene rings is 2. The van der Waals surface area contributed by atoms with Crippen LogP contribution in [0.5, 0.6) is 5.75 Å². The van der Waals surface area contributed by atoms with Gasteiger partial charge in [-0.1, -0.05) is 29.8 Å². The van der Waals surface area contributed by atoms with Gasteiger partial charge in [0.2, 0.25) is 10.2 Å². The molecule has 2 aliphatic heterocycles. The highest BCUT2D eigenvalue weighted by Crippen LogP contribution is 2.35. The van der Waals surface area contributed by atoms with Gasteiger partial charge in [-0.2, -0.15) is 28.3 Å². The molecule has 1 aromatic heterocycles. The molecule has 3 heterocycles. The number of amides is 1. The highest BCUT2D eigenvalue weighted by molar-refractivity contribution is 8.27. The van der Waals surface area contributed by atoms with Crippen LogP contribution in [0.3, 0.4) is 0 Å². The number of fused-ring (bicyclic) bond motifs is 2. The van der Waals surface area contributed by atoms with E-state index < -0.39 is 23.0 Å². The van der Waals surface area contributed by atoms with Crippen molar-refractivity contribution >= 4 is 62.3 Å². The van der Waals surface area contributed by atoms with Gasteiger partial charge in [-0.05, 0) is 48.2 Å². The summed E-state index contributed by atoms with van der Waals surface area (Å²) >= 11 is 6.11. The standard InChI is InChI=1S/C23H15ClF3N5O2S/c24-14-5-7-15(8-6-14)34-10-9-31-12-13(16-3-1-2-4-18(16)31)11-17-19(28)32-22(29-20(17)33)35-21(30-32)23(25,26)27/h1-8,11-12,28H,9-10H2/b17-11-,28-19?. The molecule has 0 aliphatic carbocycles. The number of halogens is 4. The van der Waals surface area contributed by atoms with Crippen molar-refractivity contribution < 1.29 is 22.7 Å². The Hall–Kier alpha value is -3.57. The van der Waals surface area contributed by atoms with E-state index in [9.17, 15) is 18.0 Å². The van der Waals surface area contributed by atoms with Gasteiger partial charge in [0.05, 0.1) is 12.1 Å². The van der Waals surface area contributed by atoms with Gasteiger partial charge < -0.3 is 9.30 Å². The number of aromatic nitrogens is 1. The minimum Gasteiger partial charge on any atom is -0.492 e. The molecule has 1 amide bonds. The number of hydrazone groups is 1. The van der Waals surface area contributed by atoms with Crippen LogP contribution in [-0.4, -0.2) is 44.3 Å². The number of hydrogen-bond donors (Lipinski definition) is 1. The van der Waals surface area contributed by atoms with Crippen LogP contribution in [0.25, 0.3) is 17.0 Å². The molecule has 0 spiro atoms. The van der Waals surface area contributed by atoms with Crippen molar-refractivity contribution in [2.75, 3.05) is 6.61 Å². The number of para-hydroxylation sites is 1. The molecule has 2 aromatic carbocycles. The van der Waals surface area contributed by atoms with Gasteiger partial charge in [-0.25, -0.2) is 0 Å². The highest BCUT2D eigenvalue weighted by atomic mass is 35.5. The molecular formula is C23H15ClF3N5O2S. The van der Waals surface area contributed by atoms with E-state index in [2.05, 4.69) is 10.1 Å². The fourth-order valence-electron chi connectivity index (χ4n) is 3.63.